The Morgan fingerprint density at radius 1 is 1.38 bits per heavy atom. The van der Waals surface area contributed by atoms with Crippen molar-refractivity contribution >= 4 is 12.6 Å². The average molecular weight is 245 g/mol. The lowest BCUT2D eigenvalue weighted by Crippen LogP contribution is -2.44. The van der Waals surface area contributed by atoms with Crippen molar-refractivity contribution in [3.63, 3.8) is 0 Å². The Morgan fingerprint density at radius 2 is 2.00 bits per heavy atom. The quantitative estimate of drug-likeness (QED) is 0.723. The molecule has 0 aromatic rings. The molecular formula is C13H27NOS. The molecule has 0 N–H and O–H groups in total. The summed E-state index contributed by atoms with van der Waals surface area (Å²) in [5.74, 6) is 0.978. The van der Waals surface area contributed by atoms with Crippen LogP contribution in [0, 0.1) is 5.41 Å². The van der Waals surface area contributed by atoms with Crippen LogP contribution in [0.15, 0.2) is 0 Å². The molecule has 0 aromatic heterocycles. The van der Waals surface area contributed by atoms with Crippen LogP contribution in [0.4, 0.5) is 0 Å². The largest absolute Gasteiger partial charge is 0.377 e. The Kier molecular flexibility index (Phi) is 5.62. The molecule has 1 fully saturated rings. The highest BCUT2D eigenvalue weighted by molar-refractivity contribution is 7.80. The molecule has 2 atom stereocenters. The van der Waals surface area contributed by atoms with Crippen LogP contribution in [-0.4, -0.2) is 43.0 Å². The van der Waals surface area contributed by atoms with Crippen molar-refractivity contribution in [3.05, 3.63) is 0 Å². The molecule has 0 bridgehead atoms. The van der Waals surface area contributed by atoms with Crippen LogP contribution in [0.3, 0.4) is 0 Å². The third-order valence-corrected chi connectivity index (χ3v) is 4.99. The van der Waals surface area contributed by atoms with Crippen LogP contribution in [0.25, 0.3) is 0 Å². The first-order valence-electron chi connectivity index (χ1n) is 6.51. The van der Waals surface area contributed by atoms with E-state index in [1.54, 1.807) is 0 Å². The van der Waals surface area contributed by atoms with Gasteiger partial charge in [-0.1, -0.05) is 13.8 Å². The summed E-state index contributed by atoms with van der Waals surface area (Å²) in [6.07, 6.45) is 3.98. The number of nitrogens with zero attached hydrogens (tertiary/aromatic N) is 1. The van der Waals surface area contributed by atoms with Crippen molar-refractivity contribution in [2.24, 2.45) is 5.41 Å². The van der Waals surface area contributed by atoms with Crippen molar-refractivity contribution in [1.29, 1.82) is 0 Å². The Hall–Kier alpha value is 0.270. The van der Waals surface area contributed by atoms with Gasteiger partial charge in [0.05, 0.1) is 6.10 Å². The maximum Gasteiger partial charge on any atom is 0.0702 e. The summed E-state index contributed by atoms with van der Waals surface area (Å²) in [7, 11) is 2.24. The zero-order chi connectivity index (χ0) is 12.2. The van der Waals surface area contributed by atoms with E-state index in [4.69, 9.17) is 4.74 Å². The predicted octanol–water partition coefficient (Wildman–Crippen LogP) is 2.83. The summed E-state index contributed by atoms with van der Waals surface area (Å²) < 4.78 is 5.64. The van der Waals surface area contributed by atoms with Crippen LogP contribution in [-0.2, 0) is 4.74 Å². The first-order chi connectivity index (χ1) is 7.58. The van der Waals surface area contributed by atoms with Gasteiger partial charge in [0.1, 0.15) is 0 Å². The smallest absolute Gasteiger partial charge is 0.0702 e. The molecule has 0 amide bonds. The highest BCUT2D eigenvalue weighted by Crippen LogP contribution is 2.31. The van der Waals surface area contributed by atoms with Crippen LogP contribution in [0.5, 0.6) is 0 Å². The zero-order valence-electron chi connectivity index (χ0n) is 11.2. The molecule has 0 saturated carbocycles. The van der Waals surface area contributed by atoms with Crippen LogP contribution in [0.1, 0.15) is 40.0 Å². The highest BCUT2D eigenvalue weighted by atomic mass is 32.1. The van der Waals surface area contributed by atoms with Crippen molar-refractivity contribution in [2.75, 3.05) is 26.0 Å². The fourth-order valence-electron chi connectivity index (χ4n) is 2.69. The van der Waals surface area contributed by atoms with Crippen LogP contribution < -0.4 is 0 Å². The van der Waals surface area contributed by atoms with Gasteiger partial charge in [0, 0.05) is 19.2 Å². The summed E-state index contributed by atoms with van der Waals surface area (Å²) in [4.78, 5) is 2.49. The Bertz CT molecular complexity index is 198. The van der Waals surface area contributed by atoms with Gasteiger partial charge < -0.3 is 9.64 Å². The molecule has 0 radical (unpaired) electrons. The van der Waals surface area contributed by atoms with Gasteiger partial charge in [-0.3, -0.25) is 0 Å². The molecule has 16 heavy (non-hydrogen) atoms. The summed E-state index contributed by atoms with van der Waals surface area (Å²) in [5.41, 5.74) is 0.375. The number of ether oxygens (including phenoxy) is 1. The van der Waals surface area contributed by atoms with E-state index in [0.717, 1.165) is 18.9 Å². The third kappa shape index (κ3) is 3.14. The molecule has 2 unspecified atom stereocenters. The van der Waals surface area contributed by atoms with E-state index in [2.05, 4.69) is 45.3 Å². The SMILES string of the molecule is CCC(CC)(CS)CN(C)C1CCOC1C. The second-order valence-electron chi connectivity index (χ2n) is 5.21. The Balaban J connectivity index is 2.57. The number of rotatable bonds is 6. The fourth-order valence-corrected chi connectivity index (χ4v) is 3.24. The van der Waals surface area contributed by atoms with Crippen LogP contribution >= 0.6 is 12.6 Å². The highest BCUT2D eigenvalue weighted by Gasteiger charge is 2.33. The Morgan fingerprint density at radius 3 is 2.38 bits per heavy atom. The van der Waals surface area contributed by atoms with E-state index in [9.17, 15) is 0 Å². The average Bonchev–Trinajstić information content (AvgIpc) is 2.72. The summed E-state index contributed by atoms with van der Waals surface area (Å²) in [6, 6.07) is 0.595. The molecule has 1 saturated heterocycles. The van der Waals surface area contributed by atoms with E-state index in [1.165, 1.54) is 19.3 Å². The molecular weight excluding hydrogens is 218 g/mol. The van der Waals surface area contributed by atoms with Gasteiger partial charge in [-0.15, -0.1) is 0 Å². The minimum absolute atomic E-state index is 0.375. The normalized spacial score (nSPS) is 26.6. The van der Waals surface area contributed by atoms with E-state index in [1.807, 2.05) is 0 Å². The number of hydrogen-bond acceptors (Lipinski definition) is 3. The molecule has 1 heterocycles. The van der Waals surface area contributed by atoms with Crippen molar-refractivity contribution < 1.29 is 4.74 Å². The van der Waals surface area contributed by atoms with E-state index in [-0.39, 0.29) is 0 Å². The van der Waals surface area contributed by atoms with Gasteiger partial charge in [-0.2, -0.15) is 12.6 Å². The number of thiol groups is 1. The summed E-state index contributed by atoms with van der Waals surface area (Å²) in [6.45, 7) is 8.81. The number of likely N-dealkylation sites (N-methyl/N-ethyl adjacent to an activating group) is 1. The standard InChI is InChI=1S/C13H27NOS/c1-5-13(6-2,10-16)9-14(4)12-7-8-15-11(12)3/h11-12,16H,5-10H2,1-4H3. The third-order valence-electron chi connectivity index (χ3n) is 4.32. The topological polar surface area (TPSA) is 12.5 Å². The van der Waals surface area contributed by atoms with E-state index < -0.39 is 0 Å². The lowest BCUT2D eigenvalue weighted by atomic mass is 9.83. The molecule has 96 valence electrons. The number of hydrogen-bond donors (Lipinski definition) is 1. The maximum absolute atomic E-state index is 5.64. The molecule has 1 aliphatic heterocycles. The lowest BCUT2D eigenvalue weighted by Gasteiger charge is -2.37. The zero-order valence-corrected chi connectivity index (χ0v) is 12.1. The molecule has 0 aromatic carbocycles. The second-order valence-corrected chi connectivity index (χ2v) is 5.53. The molecule has 0 aliphatic carbocycles. The van der Waals surface area contributed by atoms with Gasteiger partial charge in [-0.25, -0.2) is 0 Å². The minimum atomic E-state index is 0.375. The van der Waals surface area contributed by atoms with Gasteiger partial charge >= 0.3 is 0 Å². The van der Waals surface area contributed by atoms with E-state index in [0.29, 0.717) is 17.6 Å². The van der Waals surface area contributed by atoms with Crippen molar-refractivity contribution in [2.45, 2.75) is 52.2 Å². The summed E-state index contributed by atoms with van der Waals surface area (Å²) in [5, 5.41) is 0. The minimum Gasteiger partial charge on any atom is -0.377 e. The van der Waals surface area contributed by atoms with Gasteiger partial charge in [0.15, 0.2) is 0 Å². The molecule has 1 rings (SSSR count). The molecule has 2 nitrogen and oxygen atoms in total. The van der Waals surface area contributed by atoms with Crippen molar-refractivity contribution in [1.82, 2.24) is 4.90 Å². The first-order valence-corrected chi connectivity index (χ1v) is 7.14. The van der Waals surface area contributed by atoms with Gasteiger partial charge in [0.25, 0.3) is 0 Å². The fraction of sp³-hybridized carbons (Fsp3) is 1.00. The Labute approximate surface area is 106 Å². The maximum atomic E-state index is 5.64. The second kappa shape index (κ2) is 6.27. The van der Waals surface area contributed by atoms with Gasteiger partial charge in [-0.05, 0) is 44.4 Å². The first kappa shape index (κ1) is 14.3. The van der Waals surface area contributed by atoms with Gasteiger partial charge in [0.2, 0.25) is 0 Å². The predicted molar refractivity (Wildman–Crippen MR) is 73.3 cm³/mol. The van der Waals surface area contributed by atoms with Crippen molar-refractivity contribution in [3.8, 4) is 0 Å². The lowest BCUT2D eigenvalue weighted by molar-refractivity contribution is 0.0656. The monoisotopic (exact) mass is 245 g/mol. The molecule has 0 spiro atoms. The van der Waals surface area contributed by atoms with E-state index >= 15 is 0 Å². The summed E-state index contributed by atoms with van der Waals surface area (Å²) >= 11 is 4.54. The van der Waals surface area contributed by atoms with Crippen LogP contribution in [0.2, 0.25) is 0 Å². The molecule has 3 heteroatoms. The molecule has 1 aliphatic rings.